The molecule has 0 aliphatic carbocycles. The minimum atomic E-state index is 0.512. The third-order valence-electron chi connectivity index (χ3n) is 2.49. The predicted molar refractivity (Wildman–Crippen MR) is 69.5 cm³/mol. The number of hydrogen-bond donors (Lipinski definition) is 0. The second-order valence-electron chi connectivity index (χ2n) is 3.63. The highest BCUT2D eigenvalue weighted by Gasteiger charge is 2.08. The van der Waals surface area contributed by atoms with E-state index in [0.29, 0.717) is 10.0 Å². The van der Waals surface area contributed by atoms with Crippen LogP contribution in [0.2, 0.25) is 10.0 Å². The molecule has 0 aliphatic rings. The van der Waals surface area contributed by atoms with Gasteiger partial charge < -0.3 is 4.42 Å². The number of nitrogens with zero attached hydrogens (tertiary/aromatic N) is 1. The molecule has 0 atom stereocenters. The lowest BCUT2D eigenvalue weighted by molar-refractivity contribution is 0.631. The number of pyridine rings is 1. The number of benzene rings is 1. The van der Waals surface area contributed by atoms with Gasteiger partial charge in [-0.25, -0.2) is 0 Å². The molecule has 0 spiro atoms. The van der Waals surface area contributed by atoms with Gasteiger partial charge in [0, 0.05) is 17.8 Å². The second kappa shape index (κ2) is 4.06. The maximum absolute atomic E-state index is 5.97. The summed E-state index contributed by atoms with van der Waals surface area (Å²) in [6, 6.07) is 11.0. The SMILES string of the molecule is Clc1ccc(-c2cc3ncccc3o2)cc1Cl. The fraction of sp³-hybridized carbons (Fsp3) is 0. The van der Waals surface area contributed by atoms with Crippen molar-refractivity contribution in [3.05, 3.63) is 52.6 Å². The van der Waals surface area contributed by atoms with Gasteiger partial charge in [0.25, 0.3) is 0 Å². The van der Waals surface area contributed by atoms with E-state index >= 15 is 0 Å². The summed E-state index contributed by atoms with van der Waals surface area (Å²) < 4.78 is 5.68. The fourth-order valence-corrected chi connectivity index (χ4v) is 1.96. The molecule has 0 unspecified atom stereocenters. The highest BCUT2D eigenvalue weighted by Crippen LogP contribution is 2.31. The van der Waals surface area contributed by atoms with Crippen LogP contribution < -0.4 is 0 Å². The van der Waals surface area contributed by atoms with E-state index in [-0.39, 0.29) is 0 Å². The maximum atomic E-state index is 5.97. The molecule has 84 valence electrons. The smallest absolute Gasteiger partial charge is 0.153 e. The van der Waals surface area contributed by atoms with Crippen molar-refractivity contribution < 1.29 is 4.42 Å². The Balaban J connectivity index is 2.17. The number of halogens is 2. The zero-order valence-corrected chi connectivity index (χ0v) is 10.2. The molecular formula is C13H7Cl2NO. The summed E-state index contributed by atoms with van der Waals surface area (Å²) in [5.41, 5.74) is 2.47. The summed E-state index contributed by atoms with van der Waals surface area (Å²) in [6.45, 7) is 0. The zero-order chi connectivity index (χ0) is 11.8. The first-order valence-electron chi connectivity index (χ1n) is 5.04. The molecule has 4 heteroatoms. The van der Waals surface area contributed by atoms with Crippen LogP contribution in [-0.4, -0.2) is 4.98 Å². The summed E-state index contributed by atoms with van der Waals surface area (Å²) in [6.07, 6.45) is 1.73. The van der Waals surface area contributed by atoms with E-state index in [1.165, 1.54) is 0 Å². The van der Waals surface area contributed by atoms with Gasteiger partial charge >= 0.3 is 0 Å². The summed E-state index contributed by atoms with van der Waals surface area (Å²) >= 11 is 11.8. The number of fused-ring (bicyclic) bond motifs is 1. The highest BCUT2D eigenvalue weighted by atomic mass is 35.5. The van der Waals surface area contributed by atoms with E-state index in [1.807, 2.05) is 24.3 Å². The van der Waals surface area contributed by atoms with E-state index in [0.717, 1.165) is 22.4 Å². The normalized spacial score (nSPS) is 10.9. The van der Waals surface area contributed by atoms with Crippen molar-refractivity contribution in [3.8, 4) is 11.3 Å². The van der Waals surface area contributed by atoms with Crippen molar-refractivity contribution >= 4 is 34.3 Å². The van der Waals surface area contributed by atoms with E-state index in [1.54, 1.807) is 18.3 Å². The second-order valence-corrected chi connectivity index (χ2v) is 4.44. The van der Waals surface area contributed by atoms with Crippen LogP contribution in [0.5, 0.6) is 0 Å². The summed E-state index contributed by atoms with van der Waals surface area (Å²) in [5.74, 6) is 0.734. The van der Waals surface area contributed by atoms with Crippen molar-refractivity contribution in [1.82, 2.24) is 4.98 Å². The van der Waals surface area contributed by atoms with Crippen LogP contribution >= 0.6 is 23.2 Å². The van der Waals surface area contributed by atoms with Crippen molar-refractivity contribution in [2.75, 3.05) is 0 Å². The van der Waals surface area contributed by atoms with Gasteiger partial charge in [0.2, 0.25) is 0 Å². The summed E-state index contributed by atoms with van der Waals surface area (Å²) in [5, 5.41) is 1.04. The van der Waals surface area contributed by atoms with Crippen molar-refractivity contribution in [3.63, 3.8) is 0 Å². The predicted octanol–water partition coefficient (Wildman–Crippen LogP) is 4.80. The molecule has 0 radical (unpaired) electrons. The summed E-state index contributed by atoms with van der Waals surface area (Å²) in [4.78, 5) is 4.21. The Morgan fingerprint density at radius 1 is 1.00 bits per heavy atom. The minimum Gasteiger partial charge on any atom is -0.454 e. The molecule has 2 heterocycles. The van der Waals surface area contributed by atoms with Crippen LogP contribution in [-0.2, 0) is 0 Å². The average molecular weight is 264 g/mol. The van der Waals surface area contributed by atoms with Gasteiger partial charge in [-0.15, -0.1) is 0 Å². The van der Waals surface area contributed by atoms with Crippen LogP contribution in [0, 0.1) is 0 Å². The van der Waals surface area contributed by atoms with E-state index in [9.17, 15) is 0 Å². The Labute approximate surface area is 108 Å². The summed E-state index contributed by atoms with van der Waals surface area (Å²) in [7, 11) is 0. The van der Waals surface area contributed by atoms with Crippen LogP contribution in [0.15, 0.2) is 47.0 Å². The average Bonchev–Trinajstić information content (AvgIpc) is 2.76. The van der Waals surface area contributed by atoms with Crippen LogP contribution in [0.25, 0.3) is 22.4 Å². The molecule has 17 heavy (non-hydrogen) atoms. The van der Waals surface area contributed by atoms with E-state index < -0.39 is 0 Å². The molecule has 0 saturated heterocycles. The molecule has 2 aromatic heterocycles. The number of aromatic nitrogens is 1. The number of rotatable bonds is 1. The van der Waals surface area contributed by atoms with Crippen molar-refractivity contribution in [2.24, 2.45) is 0 Å². The lowest BCUT2D eigenvalue weighted by atomic mass is 10.2. The highest BCUT2D eigenvalue weighted by molar-refractivity contribution is 6.42. The number of furan rings is 1. The Hall–Kier alpha value is -1.51. The number of hydrogen-bond acceptors (Lipinski definition) is 2. The van der Waals surface area contributed by atoms with Crippen molar-refractivity contribution in [2.45, 2.75) is 0 Å². The van der Waals surface area contributed by atoms with Gasteiger partial charge in [-0.1, -0.05) is 23.2 Å². The molecule has 0 amide bonds. The van der Waals surface area contributed by atoms with Gasteiger partial charge in [-0.3, -0.25) is 4.98 Å². The molecular weight excluding hydrogens is 257 g/mol. The van der Waals surface area contributed by atoms with Gasteiger partial charge in [0.15, 0.2) is 5.58 Å². The molecule has 0 saturated carbocycles. The molecule has 0 N–H and O–H groups in total. The third-order valence-corrected chi connectivity index (χ3v) is 3.23. The van der Waals surface area contributed by atoms with Crippen LogP contribution in [0.3, 0.4) is 0 Å². The van der Waals surface area contributed by atoms with E-state index in [4.69, 9.17) is 27.6 Å². The lowest BCUT2D eigenvalue weighted by Gasteiger charge is -1.98. The first-order valence-corrected chi connectivity index (χ1v) is 5.79. The first kappa shape index (κ1) is 10.6. The Morgan fingerprint density at radius 2 is 1.88 bits per heavy atom. The Kier molecular flexibility index (Phi) is 2.54. The molecule has 0 bridgehead atoms. The molecule has 1 aromatic carbocycles. The van der Waals surface area contributed by atoms with Crippen molar-refractivity contribution in [1.29, 1.82) is 0 Å². The van der Waals surface area contributed by atoms with Gasteiger partial charge in [0.1, 0.15) is 11.3 Å². The Morgan fingerprint density at radius 3 is 2.65 bits per heavy atom. The lowest BCUT2D eigenvalue weighted by Crippen LogP contribution is -1.74. The fourth-order valence-electron chi connectivity index (χ4n) is 1.66. The molecule has 3 aromatic rings. The quantitative estimate of drug-likeness (QED) is 0.630. The van der Waals surface area contributed by atoms with Crippen LogP contribution in [0.1, 0.15) is 0 Å². The largest absolute Gasteiger partial charge is 0.454 e. The van der Waals surface area contributed by atoms with Gasteiger partial charge in [-0.05, 0) is 30.3 Å². The standard InChI is InChI=1S/C13H7Cl2NO/c14-9-4-3-8(6-10(9)15)13-7-11-12(17-13)2-1-5-16-11/h1-7H. The zero-order valence-electron chi connectivity index (χ0n) is 8.65. The van der Waals surface area contributed by atoms with Crippen LogP contribution in [0.4, 0.5) is 0 Å². The topological polar surface area (TPSA) is 26.0 Å². The molecule has 0 aliphatic heterocycles. The van der Waals surface area contributed by atoms with Gasteiger partial charge in [-0.2, -0.15) is 0 Å². The molecule has 2 nitrogen and oxygen atoms in total. The molecule has 3 rings (SSSR count). The monoisotopic (exact) mass is 263 g/mol. The Bertz CT molecular complexity index is 658. The maximum Gasteiger partial charge on any atom is 0.153 e. The van der Waals surface area contributed by atoms with Gasteiger partial charge in [0.05, 0.1) is 10.0 Å². The minimum absolute atomic E-state index is 0.512. The third kappa shape index (κ3) is 1.90. The first-order chi connectivity index (χ1) is 8.24. The van der Waals surface area contributed by atoms with E-state index in [2.05, 4.69) is 4.98 Å². The molecule has 0 fully saturated rings.